The van der Waals surface area contributed by atoms with Gasteiger partial charge < -0.3 is 19.5 Å². The zero-order valence-corrected chi connectivity index (χ0v) is 16.7. The van der Waals surface area contributed by atoms with Gasteiger partial charge in [0.2, 0.25) is 5.91 Å². The van der Waals surface area contributed by atoms with Crippen molar-refractivity contribution in [3.63, 3.8) is 0 Å². The number of allylic oxidation sites excluding steroid dienone is 2. The number of nitrogens with one attached hydrogen (secondary N) is 1. The molecule has 1 heterocycles. The standard InChI is InChI=1S/C19H27N2O7/c1-5-27-18(25)13-10-14(19(26)28-6-2)12(4)21(11(13)3)15(17(23)24)8-7-9-16(20)22/h15,20H,5-10H2,1-4H3,(H,23,24). The zero-order valence-electron chi connectivity index (χ0n) is 16.7. The van der Waals surface area contributed by atoms with Crippen LogP contribution in [0.5, 0.6) is 0 Å². The van der Waals surface area contributed by atoms with Crippen LogP contribution in [0, 0.1) is 0 Å². The molecule has 2 N–H and O–H groups in total. The minimum absolute atomic E-state index is 0.0105. The van der Waals surface area contributed by atoms with Crippen molar-refractivity contribution in [1.82, 2.24) is 10.6 Å². The summed E-state index contributed by atoms with van der Waals surface area (Å²) in [6.07, 6.45) is 0.183. The highest BCUT2D eigenvalue weighted by Gasteiger charge is 2.36. The fraction of sp³-hybridized carbons (Fsp3) is 0.579. The van der Waals surface area contributed by atoms with Gasteiger partial charge in [-0.15, -0.1) is 0 Å². The van der Waals surface area contributed by atoms with E-state index >= 15 is 0 Å². The maximum absolute atomic E-state index is 12.4. The molecule has 0 aromatic carbocycles. The molecule has 1 amide bonds. The smallest absolute Gasteiger partial charge is 0.336 e. The number of hydrogen-bond donors (Lipinski definition) is 1. The Bertz CT molecular complexity index is 669. The van der Waals surface area contributed by atoms with Crippen LogP contribution in [0.15, 0.2) is 22.5 Å². The van der Waals surface area contributed by atoms with Gasteiger partial charge in [-0.05, 0) is 40.5 Å². The van der Waals surface area contributed by atoms with Gasteiger partial charge in [0.25, 0.3) is 0 Å². The van der Waals surface area contributed by atoms with Crippen molar-refractivity contribution in [3.8, 4) is 0 Å². The summed E-state index contributed by atoms with van der Waals surface area (Å²) in [5.41, 5.74) is 8.13. The molecule has 0 aliphatic carbocycles. The minimum Gasteiger partial charge on any atom is -0.480 e. The van der Waals surface area contributed by atoms with Gasteiger partial charge in [-0.25, -0.2) is 14.4 Å². The quantitative estimate of drug-likeness (QED) is 0.553. The molecule has 0 saturated heterocycles. The number of esters is 2. The number of carboxylic acids is 1. The summed E-state index contributed by atoms with van der Waals surface area (Å²) in [6, 6.07) is -1.10. The van der Waals surface area contributed by atoms with Gasteiger partial charge in [-0.2, -0.15) is 0 Å². The largest absolute Gasteiger partial charge is 0.480 e. The lowest BCUT2D eigenvalue weighted by atomic mass is 9.93. The van der Waals surface area contributed by atoms with E-state index in [0.29, 0.717) is 11.4 Å². The molecule has 0 aromatic heterocycles. The summed E-state index contributed by atoms with van der Waals surface area (Å²) in [7, 11) is 0. The highest BCUT2D eigenvalue weighted by atomic mass is 16.5. The van der Waals surface area contributed by atoms with Gasteiger partial charge >= 0.3 is 17.9 Å². The number of carboxylic acid groups (broad SMARTS) is 1. The number of amides is 1. The molecule has 9 nitrogen and oxygen atoms in total. The Morgan fingerprint density at radius 3 is 1.86 bits per heavy atom. The summed E-state index contributed by atoms with van der Waals surface area (Å²) in [6.45, 7) is 6.79. The van der Waals surface area contributed by atoms with E-state index < -0.39 is 29.9 Å². The Balaban J connectivity index is 3.39. The topological polar surface area (TPSA) is 134 Å². The van der Waals surface area contributed by atoms with Gasteiger partial charge in [0.05, 0.1) is 24.4 Å². The molecular weight excluding hydrogens is 368 g/mol. The van der Waals surface area contributed by atoms with Gasteiger partial charge in [-0.1, -0.05) is 0 Å². The summed E-state index contributed by atoms with van der Waals surface area (Å²) in [5.74, 6) is -3.18. The Labute approximate surface area is 164 Å². The first-order valence-corrected chi connectivity index (χ1v) is 9.15. The number of ether oxygens (including phenoxy) is 2. The van der Waals surface area contributed by atoms with Crippen LogP contribution >= 0.6 is 0 Å². The van der Waals surface area contributed by atoms with Gasteiger partial charge in [0.15, 0.2) is 0 Å². The second kappa shape index (κ2) is 10.5. The average Bonchev–Trinajstić information content (AvgIpc) is 2.60. The molecule has 0 saturated carbocycles. The average molecular weight is 395 g/mol. The lowest BCUT2D eigenvalue weighted by Crippen LogP contribution is -2.42. The molecule has 1 unspecified atom stereocenters. The monoisotopic (exact) mass is 395 g/mol. The maximum atomic E-state index is 12.4. The van der Waals surface area contributed by atoms with Crippen LogP contribution in [0.4, 0.5) is 0 Å². The summed E-state index contributed by atoms with van der Waals surface area (Å²) in [4.78, 5) is 49.0. The minimum atomic E-state index is -1.16. The Hall–Kier alpha value is -2.84. The van der Waals surface area contributed by atoms with E-state index in [4.69, 9.17) is 15.2 Å². The molecule has 0 fully saturated rings. The van der Waals surface area contributed by atoms with Gasteiger partial charge in [0, 0.05) is 24.2 Å². The van der Waals surface area contributed by atoms with Gasteiger partial charge in [0.1, 0.15) is 6.04 Å². The fourth-order valence-corrected chi connectivity index (χ4v) is 3.14. The number of nitrogens with zero attached hydrogens (tertiary/aromatic N) is 1. The van der Waals surface area contributed by atoms with E-state index in [0.717, 1.165) is 0 Å². The van der Waals surface area contributed by atoms with E-state index in [1.165, 1.54) is 4.90 Å². The Morgan fingerprint density at radius 2 is 1.50 bits per heavy atom. The predicted octanol–water partition coefficient (Wildman–Crippen LogP) is 1.80. The first-order valence-electron chi connectivity index (χ1n) is 9.15. The SMILES string of the molecule is CCOC(=O)C1=C(C)N(C(CCCC([NH])=O)C(=O)O)C(C)=C(C(=O)OCC)C1. The van der Waals surface area contributed by atoms with Crippen molar-refractivity contribution in [2.45, 2.75) is 59.4 Å². The number of carbonyl (C=O) groups excluding carboxylic acids is 3. The van der Waals surface area contributed by atoms with Crippen LogP contribution < -0.4 is 5.73 Å². The molecule has 0 bridgehead atoms. The third-order valence-electron chi connectivity index (χ3n) is 4.47. The predicted molar refractivity (Wildman–Crippen MR) is 98.5 cm³/mol. The number of carbonyl (C=O) groups is 4. The Kier molecular flexibility index (Phi) is 8.69. The van der Waals surface area contributed by atoms with E-state index in [-0.39, 0.29) is 50.0 Å². The van der Waals surface area contributed by atoms with Crippen molar-refractivity contribution in [3.05, 3.63) is 22.5 Å². The molecule has 0 aromatic rings. The van der Waals surface area contributed by atoms with Crippen LogP contribution in [0.25, 0.3) is 0 Å². The van der Waals surface area contributed by atoms with Crippen molar-refractivity contribution in [2.75, 3.05) is 13.2 Å². The summed E-state index contributed by atoms with van der Waals surface area (Å²) < 4.78 is 10.1. The van der Waals surface area contributed by atoms with Crippen LogP contribution in [0.1, 0.15) is 53.4 Å². The van der Waals surface area contributed by atoms with Gasteiger partial charge in [-0.3, -0.25) is 10.5 Å². The number of rotatable bonds is 10. The van der Waals surface area contributed by atoms with E-state index in [1.54, 1.807) is 27.7 Å². The molecule has 9 heteroatoms. The summed E-state index contributed by atoms with van der Waals surface area (Å²) >= 11 is 0. The normalized spacial score (nSPS) is 15.4. The van der Waals surface area contributed by atoms with Crippen molar-refractivity contribution in [1.29, 1.82) is 0 Å². The molecule has 1 rings (SSSR count). The first-order chi connectivity index (χ1) is 13.1. The Morgan fingerprint density at radius 1 is 1.04 bits per heavy atom. The fourth-order valence-electron chi connectivity index (χ4n) is 3.14. The number of aliphatic carboxylic acids is 1. The van der Waals surface area contributed by atoms with Crippen molar-refractivity contribution < 1.29 is 33.8 Å². The van der Waals surface area contributed by atoms with Crippen LogP contribution in [-0.4, -0.2) is 53.1 Å². The van der Waals surface area contributed by atoms with E-state index in [1.807, 2.05) is 0 Å². The zero-order chi connectivity index (χ0) is 21.4. The highest BCUT2D eigenvalue weighted by Crippen LogP contribution is 2.34. The molecule has 1 radical (unpaired) electrons. The molecule has 1 aliphatic rings. The van der Waals surface area contributed by atoms with E-state index in [2.05, 4.69) is 0 Å². The molecule has 1 atom stereocenters. The van der Waals surface area contributed by atoms with Crippen LogP contribution in [-0.2, 0) is 28.7 Å². The molecule has 1 aliphatic heterocycles. The second-order valence-corrected chi connectivity index (χ2v) is 6.29. The second-order valence-electron chi connectivity index (χ2n) is 6.29. The number of hydrogen-bond acceptors (Lipinski definition) is 7. The van der Waals surface area contributed by atoms with Crippen molar-refractivity contribution >= 4 is 23.8 Å². The van der Waals surface area contributed by atoms with Crippen LogP contribution in [0.2, 0.25) is 0 Å². The summed E-state index contributed by atoms with van der Waals surface area (Å²) in [5, 5.41) is 9.73. The van der Waals surface area contributed by atoms with Crippen LogP contribution in [0.3, 0.4) is 0 Å². The lowest BCUT2D eigenvalue weighted by Gasteiger charge is -2.37. The molecule has 28 heavy (non-hydrogen) atoms. The van der Waals surface area contributed by atoms with E-state index in [9.17, 15) is 24.3 Å². The molecule has 0 spiro atoms. The first kappa shape index (κ1) is 23.2. The lowest BCUT2D eigenvalue weighted by molar-refractivity contribution is -0.144. The molecular formula is C19H27N2O7. The third kappa shape index (κ3) is 5.58. The molecule has 155 valence electrons. The van der Waals surface area contributed by atoms with Crippen molar-refractivity contribution in [2.24, 2.45) is 0 Å². The maximum Gasteiger partial charge on any atom is 0.336 e. The third-order valence-corrected chi connectivity index (χ3v) is 4.47. The highest BCUT2D eigenvalue weighted by molar-refractivity contribution is 5.97.